The minimum Gasteiger partial charge on any atom is -0.395 e. The molecule has 0 spiro atoms. The van der Waals surface area contributed by atoms with Crippen molar-refractivity contribution in [3.63, 3.8) is 0 Å². The molecule has 0 saturated heterocycles. The summed E-state index contributed by atoms with van der Waals surface area (Å²) in [5, 5.41) is 12.5. The number of aryl methyl sites for hydroxylation is 1. The molecule has 0 fully saturated rings. The van der Waals surface area contributed by atoms with E-state index < -0.39 is 0 Å². The number of carbonyl (C=O) groups excluding carboxylic acids is 1. The van der Waals surface area contributed by atoms with Crippen molar-refractivity contribution in [2.75, 3.05) is 25.9 Å². The molecule has 1 aromatic heterocycles. The van der Waals surface area contributed by atoms with Crippen LogP contribution in [-0.4, -0.2) is 45.9 Å². The molecule has 0 saturated carbocycles. The van der Waals surface area contributed by atoms with Gasteiger partial charge in [0.2, 0.25) is 0 Å². The van der Waals surface area contributed by atoms with Crippen LogP contribution in [0, 0.1) is 0 Å². The predicted molar refractivity (Wildman–Crippen MR) is 51.7 cm³/mol. The summed E-state index contributed by atoms with van der Waals surface area (Å²) < 4.78 is 1.43. The van der Waals surface area contributed by atoms with Crippen LogP contribution in [0.3, 0.4) is 0 Å². The van der Waals surface area contributed by atoms with Crippen LogP contribution in [0.4, 0.5) is 5.82 Å². The maximum atomic E-state index is 11.7. The predicted octanol–water partition coefficient (Wildman–Crippen LogP) is -0.933. The van der Waals surface area contributed by atoms with Crippen LogP contribution >= 0.6 is 0 Å². The van der Waals surface area contributed by atoms with Gasteiger partial charge < -0.3 is 15.7 Å². The van der Waals surface area contributed by atoms with Gasteiger partial charge in [-0.1, -0.05) is 0 Å². The molecule has 1 amide bonds. The van der Waals surface area contributed by atoms with Gasteiger partial charge >= 0.3 is 0 Å². The molecule has 1 rings (SSSR count). The van der Waals surface area contributed by atoms with Crippen molar-refractivity contribution in [1.29, 1.82) is 0 Å². The van der Waals surface area contributed by atoms with Crippen LogP contribution in [-0.2, 0) is 7.05 Å². The topological polar surface area (TPSA) is 84.4 Å². The van der Waals surface area contributed by atoms with E-state index in [1.807, 2.05) is 0 Å². The van der Waals surface area contributed by atoms with E-state index in [1.54, 1.807) is 14.1 Å². The summed E-state index contributed by atoms with van der Waals surface area (Å²) in [5.41, 5.74) is 5.99. The number of hydrogen-bond acceptors (Lipinski definition) is 4. The van der Waals surface area contributed by atoms with Gasteiger partial charge in [0.05, 0.1) is 12.8 Å². The smallest absolute Gasteiger partial charge is 0.259 e. The number of nitrogens with zero attached hydrogens (tertiary/aromatic N) is 3. The van der Waals surface area contributed by atoms with Crippen molar-refractivity contribution in [1.82, 2.24) is 14.7 Å². The van der Waals surface area contributed by atoms with Gasteiger partial charge in [-0.3, -0.25) is 9.48 Å². The monoisotopic (exact) mass is 198 g/mol. The van der Waals surface area contributed by atoms with Gasteiger partial charge in [0.15, 0.2) is 0 Å². The fraction of sp³-hybridized carbons (Fsp3) is 0.500. The first kappa shape index (κ1) is 10.5. The van der Waals surface area contributed by atoms with Crippen molar-refractivity contribution in [2.24, 2.45) is 7.05 Å². The highest BCUT2D eigenvalue weighted by Crippen LogP contribution is 2.11. The van der Waals surface area contributed by atoms with Crippen LogP contribution in [0.25, 0.3) is 0 Å². The fourth-order valence-corrected chi connectivity index (χ4v) is 1.07. The zero-order chi connectivity index (χ0) is 10.7. The molecular formula is C8H14N4O2. The molecule has 0 aromatic carbocycles. The number of anilines is 1. The third kappa shape index (κ3) is 1.85. The Labute approximate surface area is 81.9 Å². The lowest BCUT2D eigenvalue weighted by Gasteiger charge is -2.14. The number of amides is 1. The van der Waals surface area contributed by atoms with Gasteiger partial charge in [-0.15, -0.1) is 0 Å². The molecule has 14 heavy (non-hydrogen) atoms. The summed E-state index contributed by atoms with van der Waals surface area (Å²) in [6.45, 7) is 0.218. The number of hydrogen-bond donors (Lipinski definition) is 2. The van der Waals surface area contributed by atoms with Crippen molar-refractivity contribution in [2.45, 2.75) is 0 Å². The summed E-state index contributed by atoms with van der Waals surface area (Å²) in [4.78, 5) is 13.0. The number of carbonyl (C=O) groups is 1. The SMILES string of the molecule is CN(CCO)C(=O)c1cnn(C)c1N. The number of likely N-dealkylation sites (N-methyl/N-ethyl adjacent to an activating group) is 1. The molecule has 0 aliphatic carbocycles. The lowest BCUT2D eigenvalue weighted by atomic mass is 10.3. The Bertz CT molecular complexity index is 334. The summed E-state index contributed by atoms with van der Waals surface area (Å²) in [6, 6.07) is 0. The van der Waals surface area contributed by atoms with Gasteiger partial charge in [0, 0.05) is 20.6 Å². The molecule has 3 N–H and O–H groups in total. The zero-order valence-electron chi connectivity index (χ0n) is 8.27. The second-order valence-electron chi connectivity index (χ2n) is 3.02. The highest BCUT2D eigenvalue weighted by atomic mass is 16.3. The Kier molecular flexibility index (Phi) is 3.08. The molecule has 0 radical (unpaired) electrons. The number of aromatic nitrogens is 2. The molecule has 6 nitrogen and oxygen atoms in total. The number of nitrogen functional groups attached to an aromatic ring is 1. The van der Waals surface area contributed by atoms with Crippen molar-refractivity contribution < 1.29 is 9.90 Å². The maximum Gasteiger partial charge on any atom is 0.259 e. The Morgan fingerprint density at radius 3 is 2.86 bits per heavy atom. The third-order valence-electron chi connectivity index (χ3n) is 2.00. The van der Waals surface area contributed by atoms with Gasteiger partial charge in [-0.25, -0.2) is 0 Å². The van der Waals surface area contributed by atoms with E-state index in [4.69, 9.17) is 10.8 Å². The van der Waals surface area contributed by atoms with E-state index in [1.165, 1.54) is 15.8 Å². The number of rotatable bonds is 3. The van der Waals surface area contributed by atoms with Crippen molar-refractivity contribution in [3.05, 3.63) is 11.8 Å². The van der Waals surface area contributed by atoms with Gasteiger partial charge in [0.1, 0.15) is 11.4 Å². The van der Waals surface area contributed by atoms with Gasteiger partial charge in [-0.05, 0) is 0 Å². The van der Waals surface area contributed by atoms with Crippen LogP contribution in [0.15, 0.2) is 6.20 Å². The highest BCUT2D eigenvalue weighted by molar-refractivity contribution is 5.98. The minimum atomic E-state index is -0.232. The third-order valence-corrected chi connectivity index (χ3v) is 2.00. The first-order valence-corrected chi connectivity index (χ1v) is 4.21. The molecule has 1 aromatic rings. The van der Waals surface area contributed by atoms with E-state index in [2.05, 4.69) is 5.10 Å². The quantitative estimate of drug-likeness (QED) is 0.657. The summed E-state index contributed by atoms with van der Waals surface area (Å²) in [5.74, 6) is 0.101. The molecule has 0 aliphatic heterocycles. The van der Waals surface area contributed by atoms with E-state index >= 15 is 0 Å². The lowest BCUT2D eigenvalue weighted by molar-refractivity contribution is 0.0768. The average Bonchev–Trinajstić information content (AvgIpc) is 2.47. The Morgan fingerprint density at radius 2 is 2.43 bits per heavy atom. The number of nitrogens with two attached hydrogens (primary N) is 1. The highest BCUT2D eigenvalue weighted by Gasteiger charge is 2.16. The van der Waals surface area contributed by atoms with Crippen LogP contribution in [0.1, 0.15) is 10.4 Å². The first-order valence-electron chi connectivity index (χ1n) is 4.21. The lowest BCUT2D eigenvalue weighted by Crippen LogP contribution is -2.29. The molecule has 1 heterocycles. The Balaban J connectivity index is 2.84. The van der Waals surface area contributed by atoms with E-state index in [0.29, 0.717) is 11.4 Å². The standard InChI is InChI=1S/C8H14N4O2/c1-11(3-4-13)8(14)6-5-10-12(2)7(6)9/h5,13H,3-4,9H2,1-2H3. The van der Waals surface area contributed by atoms with Crippen molar-refractivity contribution in [3.8, 4) is 0 Å². The molecule has 6 heteroatoms. The van der Waals surface area contributed by atoms with Gasteiger partial charge in [0.25, 0.3) is 5.91 Å². The second kappa shape index (κ2) is 4.10. The van der Waals surface area contributed by atoms with E-state index in [-0.39, 0.29) is 19.1 Å². The number of aliphatic hydroxyl groups excluding tert-OH is 1. The zero-order valence-corrected chi connectivity index (χ0v) is 8.27. The maximum absolute atomic E-state index is 11.7. The van der Waals surface area contributed by atoms with Crippen LogP contribution in [0.5, 0.6) is 0 Å². The van der Waals surface area contributed by atoms with Crippen LogP contribution < -0.4 is 5.73 Å². The first-order chi connectivity index (χ1) is 6.57. The Hall–Kier alpha value is -1.56. The summed E-state index contributed by atoms with van der Waals surface area (Å²) in [6.07, 6.45) is 1.42. The molecule has 0 atom stereocenters. The number of aliphatic hydroxyl groups is 1. The Morgan fingerprint density at radius 1 is 1.79 bits per heavy atom. The van der Waals surface area contributed by atoms with Crippen LogP contribution in [0.2, 0.25) is 0 Å². The molecular weight excluding hydrogens is 184 g/mol. The minimum absolute atomic E-state index is 0.0671. The largest absolute Gasteiger partial charge is 0.395 e. The average molecular weight is 198 g/mol. The molecule has 0 unspecified atom stereocenters. The summed E-state index contributed by atoms with van der Waals surface area (Å²) >= 11 is 0. The second-order valence-corrected chi connectivity index (χ2v) is 3.02. The van der Waals surface area contributed by atoms with Crippen molar-refractivity contribution >= 4 is 11.7 Å². The molecule has 78 valence electrons. The normalized spacial score (nSPS) is 10.2. The fourth-order valence-electron chi connectivity index (χ4n) is 1.07. The molecule has 0 aliphatic rings. The molecule has 0 bridgehead atoms. The van der Waals surface area contributed by atoms with E-state index in [9.17, 15) is 4.79 Å². The van der Waals surface area contributed by atoms with Gasteiger partial charge in [-0.2, -0.15) is 5.10 Å². The summed E-state index contributed by atoms with van der Waals surface area (Å²) in [7, 11) is 3.27. The van der Waals surface area contributed by atoms with E-state index in [0.717, 1.165) is 0 Å².